The maximum atomic E-state index is 12.4. The van der Waals surface area contributed by atoms with Gasteiger partial charge in [0.25, 0.3) is 5.91 Å². The van der Waals surface area contributed by atoms with Crippen molar-refractivity contribution in [2.75, 3.05) is 5.32 Å². The Balaban J connectivity index is 1.77. The van der Waals surface area contributed by atoms with Crippen LogP contribution in [0.4, 0.5) is 5.13 Å². The number of thiazole rings is 1. The molecule has 2 aromatic heterocycles. The number of anilines is 1. The average Bonchev–Trinajstić information content (AvgIpc) is 2.91. The zero-order chi connectivity index (χ0) is 18.0. The smallest absolute Gasteiger partial charge is 0.260 e. The standard InChI is InChI=1S/C18H15BrClN3OS/c1-10-3-5-12(6-4-10)7-15-11(2)22-18(25-15)23-17(24)14-8-13(19)9-21-16(14)20/h3-6,8-9H,7H2,1-2H3,(H,22,23,24). The van der Waals surface area contributed by atoms with Gasteiger partial charge in [0.2, 0.25) is 0 Å². The van der Waals surface area contributed by atoms with Crippen LogP contribution in [-0.4, -0.2) is 15.9 Å². The molecule has 0 aliphatic heterocycles. The van der Waals surface area contributed by atoms with E-state index >= 15 is 0 Å². The number of halogens is 2. The number of benzene rings is 1. The number of aromatic nitrogens is 2. The summed E-state index contributed by atoms with van der Waals surface area (Å²) in [6.07, 6.45) is 2.34. The highest BCUT2D eigenvalue weighted by atomic mass is 79.9. The van der Waals surface area contributed by atoms with Crippen LogP contribution in [0.2, 0.25) is 5.15 Å². The third-order valence-electron chi connectivity index (χ3n) is 3.65. The van der Waals surface area contributed by atoms with Crippen molar-refractivity contribution in [2.24, 2.45) is 0 Å². The molecule has 3 rings (SSSR count). The Bertz CT molecular complexity index is 925. The summed E-state index contributed by atoms with van der Waals surface area (Å²) >= 11 is 10.8. The van der Waals surface area contributed by atoms with Crippen molar-refractivity contribution in [1.29, 1.82) is 0 Å². The molecule has 1 amide bonds. The Morgan fingerprint density at radius 3 is 2.72 bits per heavy atom. The summed E-state index contributed by atoms with van der Waals surface area (Å²) in [7, 11) is 0. The van der Waals surface area contributed by atoms with E-state index in [1.165, 1.54) is 22.5 Å². The number of nitrogens with one attached hydrogen (secondary N) is 1. The highest BCUT2D eigenvalue weighted by molar-refractivity contribution is 9.10. The van der Waals surface area contributed by atoms with Crippen molar-refractivity contribution in [3.05, 3.63) is 73.4 Å². The van der Waals surface area contributed by atoms with Crippen LogP contribution in [0, 0.1) is 13.8 Å². The van der Waals surface area contributed by atoms with E-state index in [1.807, 2.05) is 6.92 Å². The Hall–Kier alpha value is -1.76. The van der Waals surface area contributed by atoms with E-state index in [-0.39, 0.29) is 11.1 Å². The summed E-state index contributed by atoms with van der Waals surface area (Å²) in [5.41, 5.74) is 3.68. The third kappa shape index (κ3) is 4.45. The molecule has 0 saturated heterocycles. The van der Waals surface area contributed by atoms with Crippen molar-refractivity contribution < 1.29 is 4.79 Å². The van der Waals surface area contributed by atoms with Gasteiger partial charge in [-0.1, -0.05) is 41.4 Å². The molecule has 0 bridgehead atoms. The van der Waals surface area contributed by atoms with E-state index in [2.05, 4.69) is 62.4 Å². The van der Waals surface area contributed by atoms with Crippen molar-refractivity contribution in [3.8, 4) is 0 Å². The number of nitrogens with zero attached hydrogens (tertiary/aromatic N) is 2. The maximum absolute atomic E-state index is 12.4. The largest absolute Gasteiger partial charge is 0.298 e. The van der Waals surface area contributed by atoms with Gasteiger partial charge in [-0.25, -0.2) is 9.97 Å². The highest BCUT2D eigenvalue weighted by Crippen LogP contribution is 2.27. The van der Waals surface area contributed by atoms with Crippen LogP contribution in [0.3, 0.4) is 0 Å². The lowest BCUT2D eigenvalue weighted by molar-refractivity contribution is 0.102. The molecule has 0 atom stereocenters. The lowest BCUT2D eigenvalue weighted by Gasteiger charge is -2.03. The lowest BCUT2D eigenvalue weighted by Crippen LogP contribution is -2.12. The fraction of sp³-hybridized carbons (Fsp3) is 0.167. The van der Waals surface area contributed by atoms with Gasteiger partial charge >= 0.3 is 0 Å². The molecule has 25 heavy (non-hydrogen) atoms. The molecule has 2 heterocycles. The second-order valence-electron chi connectivity index (χ2n) is 5.64. The summed E-state index contributed by atoms with van der Waals surface area (Å²) in [4.78, 5) is 22.0. The van der Waals surface area contributed by atoms with Gasteiger partial charge in [0.1, 0.15) is 5.15 Å². The van der Waals surface area contributed by atoms with Gasteiger partial charge in [-0.3, -0.25) is 10.1 Å². The molecule has 3 aromatic rings. The molecular formula is C18H15BrClN3OS. The van der Waals surface area contributed by atoms with Gasteiger partial charge in [0, 0.05) is 22.0 Å². The lowest BCUT2D eigenvalue weighted by atomic mass is 10.1. The van der Waals surface area contributed by atoms with Crippen LogP contribution >= 0.6 is 38.9 Å². The number of amides is 1. The molecule has 0 aliphatic carbocycles. The zero-order valence-electron chi connectivity index (χ0n) is 13.6. The van der Waals surface area contributed by atoms with E-state index in [0.29, 0.717) is 15.2 Å². The first-order valence-corrected chi connectivity index (χ1v) is 9.55. The van der Waals surface area contributed by atoms with Gasteiger partial charge < -0.3 is 0 Å². The van der Waals surface area contributed by atoms with Gasteiger partial charge in [0.05, 0.1) is 11.3 Å². The predicted octanol–water partition coefficient (Wildman–Crippen LogP) is 5.41. The Labute approximate surface area is 163 Å². The quantitative estimate of drug-likeness (QED) is 0.556. The number of carbonyl (C=O) groups excluding carboxylic acids is 1. The van der Waals surface area contributed by atoms with Crippen LogP contribution in [0.15, 0.2) is 41.0 Å². The topological polar surface area (TPSA) is 54.9 Å². The third-order valence-corrected chi connectivity index (χ3v) is 5.46. The first-order valence-electron chi connectivity index (χ1n) is 7.56. The molecule has 0 spiro atoms. The normalized spacial score (nSPS) is 10.7. The fourth-order valence-electron chi connectivity index (χ4n) is 2.28. The van der Waals surface area contributed by atoms with E-state index < -0.39 is 0 Å². The van der Waals surface area contributed by atoms with E-state index in [4.69, 9.17) is 11.6 Å². The zero-order valence-corrected chi connectivity index (χ0v) is 16.8. The van der Waals surface area contributed by atoms with Crippen molar-refractivity contribution >= 4 is 49.9 Å². The van der Waals surface area contributed by atoms with Crippen molar-refractivity contribution in [3.63, 3.8) is 0 Å². The summed E-state index contributed by atoms with van der Waals surface area (Å²) in [5, 5.41) is 3.52. The first-order chi connectivity index (χ1) is 11.9. The molecule has 128 valence electrons. The Morgan fingerprint density at radius 2 is 2.00 bits per heavy atom. The second-order valence-corrected chi connectivity index (χ2v) is 7.99. The van der Waals surface area contributed by atoms with Crippen LogP contribution in [0.25, 0.3) is 0 Å². The minimum Gasteiger partial charge on any atom is -0.298 e. The minimum atomic E-state index is -0.325. The molecule has 0 saturated carbocycles. The summed E-state index contributed by atoms with van der Waals surface area (Å²) in [6.45, 7) is 4.01. The van der Waals surface area contributed by atoms with Crippen LogP contribution < -0.4 is 5.32 Å². The molecule has 0 fully saturated rings. The molecule has 0 radical (unpaired) electrons. The molecule has 7 heteroatoms. The number of pyridine rings is 1. The van der Waals surface area contributed by atoms with Crippen molar-refractivity contribution in [2.45, 2.75) is 20.3 Å². The van der Waals surface area contributed by atoms with Gasteiger partial charge in [-0.05, 0) is 41.4 Å². The minimum absolute atomic E-state index is 0.161. The summed E-state index contributed by atoms with van der Waals surface area (Å²) < 4.78 is 0.692. The summed E-state index contributed by atoms with van der Waals surface area (Å²) in [5.74, 6) is -0.325. The monoisotopic (exact) mass is 435 g/mol. The molecular weight excluding hydrogens is 422 g/mol. The van der Waals surface area contributed by atoms with Crippen LogP contribution in [0.5, 0.6) is 0 Å². The van der Waals surface area contributed by atoms with E-state index in [9.17, 15) is 4.79 Å². The predicted molar refractivity (Wildman–Crippen MR) is 106 cm³/mol. The molecule has 0 unspecified atom stereocenters. The average molecular weight is 437 g/mol. The molecule has 1 N–H and O–H groups in total. The SMILES string of the molecule is Cc1ccc(Cc2sc(NC(=O)c3cc(Br)cnc3Cl)nc2C)cc1. The second kappa shape index (κ2) is 7.64. The molecule has 4 nitrogen and oxygen atoms in total. The fourth-order valence-corrected chi connectivity index (χ4v) is 3.80. The van der Waals surface area contributed by atoms with Gasteiger partial charge in [0.15, 0.2) is 5.13 Å². The van der Waals surface area contributed by atoms with Gasteiger partial charge in [-0.15, -0.1) is 11.3 Å². The summed E-state index contributed by atoms with van der Waals surface area (Å²) in [6, 6.07) is 10.0. The maximum Gasteiger partial charge on any atom is 0.260 e. The van der Waals surface area contributed by atoms with Gasteiger partial charge in [-0.2, -0.15) is 0 Å². The highest BCUT2D eigenvalue weighted by Gasteiger charge is 2.15. The Morgan fingerprint density at radius 1 is 1.28 bits per heavy atom. The van der Waals surface area contributed by atoms with Crippen LogP contribution in [0.1, 0.15) is 32.1 Å². The first kappa shape index (κ1) is 18.0. The molecule has 1 aromatic carbocycles. The van der Waals surface area contributed by atoms with Crippen molar-refractivity contribution in [1.82, 2.24) is 9.97 Å². The number of aryl methyl sites for hydroxylation is 2. The number of hydrogen-bond acceptors (Lipinski definition) is 4. The number of hydrogen-bond donors (Lipinski definition) is 1. The number of rotatable bonds is 4. The van der Waals surface area contributed by atoms with Crippen LogP contribution in [-0.2, 0) is 6.42 Å². The van der Waals surface area contributed by atoms with E-state index in [1.54, 1.807) is 12.3 Å². The van der Waals surface area contributed by atoms with E-state index in [0.717, 1.165) is 17.0 Å². The molecule has 0 aliphatic rings. The Kier molecular flexibility index (Phi) is 5.51. The number of carbonyl (C=O) groups is 1.